The second kappa shape index (κ2) is 15.0. The molecule has 1 aliphatic heterocycles. The molecule has 2 amide bonds. The summed E-state index contributed by atoms with van der Waals surface area (Å²) >= 11 is 0. The Labute approximate surface area is 273 Å². The van der Waals surface area contributed by atoms with Gasteiger partial charge in [-0.05, 0) is 66.6 Å². The van der Waals surface area contributed by atoms with E-state index in [1.807, 2.05) is 30.3 Å². The number of methoxy groups -OCH3 is 1. The monoisotopic (exact) mass is 661 g/mol. The average Bonchev–Trinajstić information content (AvgIpc) is 3.09. The van der Waals surface area contributed by atoms with Gasteiger partial charge >= 0.3 is 0 Å². The van der Waals surface area contributed by atoms with E-state index in [9.17, 15) is 22.4 Å². The summed E-state index contributed by atoms with van der Waals surface area (Å²) < 4.78 is 60.0. The smallest absolute Gasteiger partial charge is 0.264 e. The van der Waals surface area contributed by atoms with E-state index in [4.69, 9.17) is 14.2 Å². The van der Waals surface area contributed by atoms with Crippen LogP contribution in [0.25, 0.3) is 0 Å². The average molecular weight is 662 g/mol. The van der Waals surface area contributed by atoms with Gasteiger partial charge in [-0.3, -0.25) is 13.9 Å². The van der Waals surface area contributed by atoms with Crippen molar-refractivity contribution < 1.29 is 36.6 Å². The molecule has 1 aliphatic rings. The van der Waals surface area contributed by atoms with Crippen molar-refractivity contribution in [2.75, 3.05) is 37.7 Å². The van der Waals surface area contributed by atoms with Gasteiger partial charge in [-0.2, -0.15) is 0 Å². The zero-order valence-corrected chi connectivity index (χ0v) is 26.9. The number of carbonyl (C=O) groups excluding carboxylic acids is 2. The number of hydrogen-bond acceptors (Lipinski definition) is 7. The lowest BCUT2D eigenvalue weighted by molar-refractivity contribution is -0.140. The minimum Gasteiger partial charge on any atom is -0.497 e. The number of benzene rings is 4. The van der Waals surface area contributed by atoms with Crippen molar-refractivity contribution >= 4 is 27.5 Å². The summed E-state index contributed by atoms with van der Waals surface area (Å²) in [5, 5.41) is 2.83. The molecule has 10 nitrogen and oxygen atoms in total. The lowest BCUT2D eigenvalue weighted by Crippen LogP contribution is -2.53. The van der Waals surface area contributed by atoms with Crippen molar-refractivity contribution in [2.24, 2.45) is 0 Å². The van der Waals surface area contributed by atoms with E-state index in [0.717, 1.165) is 22.0 Å². The topological polar surface area (TPSA) is 114 Å². The quantitative estimate of drug-likeness (QED) is 0.223. The Hall–Kier alpha value is -5.10. The van der Waals surface area contributed by atoms with E-state index in [1.54, 1.807) is 31.2 Å². The second-order valence-corrected chi connectivity index (χ2v) is 12.6. The number of ether oxygens (including phenoxy) is 3. The van der Waals surface area contributed by atoms with Gasteiger partial charge in [0.05, 0.1) is 17.7 Å². The molecule has 0 bridgehead atoms. The Balaban J connectivity index is 1.57. The van der Waals surface area contributed by atoms with Crippen LogP contribution in [0.3, 0.4) is 0 Å². The molecule has 0 fully saturated rings. The van der Waals surface area contributed by atoms with Crippen LogP contribution in [0.5, 0.6) is 17.2 Å². The molecule has 0 radical (unpaired) electrons. The molecule has 1 atom stereocenters. The van der Waals surface area contributed by atoms with Gasteiger partial charge in [0.1, 0.15) is 37.4 Å². The first kappa shape index (κ1) is 33.3. The van der Waals surface area contributed by atoms with Crippen LogP contribution < -0.4 is 23.8 Å². The molecule has 0 aromatic heterocycles. The lowest BCUT2D eigenvalue weighted by Gasteiger charge is -2.34. The molecular formula is C35H36FN3O7S. The third kappa shape index (κ3) is 8.01. The highest BCUT2D eigenvalue weighted by molar-refractivity contribution is 7.92. The summed E-state index contributed by atoms with van der Waals surface area (Å²) in [6.07, 6.45) is 0.174. The molecule has 1 heterocycles. The number of halogens is 1. The number of amides is 2. The Morgan fingerprint density at radius 1 is 0.894 bits per heavy atom. The fourth-order valence-corrected chi connectivity index (χ4v) is 6.69. The van der Waals surface area contributed by atoms with Crippen LogP contribution in [0.15, 0.2) is 102 Å². The number of rotatable bonds is 13. The second-order valence-electron chi connectivity index (χ2n) is 10.8. The van der Waals surface area contributed by atoms with Crippen molar-refractivity contribution in [3.8, 4) is 17.2 Å². The van der Waals surface area contributed by atoms with E-state index >= 15 is 0 Å². The van der Waals surface area contributed by atoms with E-state index in [1.165, 1.54) is 42.3 Å². The fourth-order valence-electron chi connectivity index (χ4n) is 5.26. The van der Waals surface area contributed by atoms with Crippen LogP contribution in [0.4, 0.5) is 10.1 Å². The standard InChI is InChI=1S/C35H36FN3O7S/c1-3-37-35(41)31(21-25-8-5-4-6-9-25)38(23-26-10-7-11-29(20-26)44-2)34(40)24-39(28-14-12-27(36)13-15-28)47(42,43)30-16-17-32-33(22-30)46-19-18-45-32/h4-17,20,22,31H,3,18-19,21,23-24H2,1-2H3,(H,37,41)/t31-/m0/s1. The Morgan fingerprint density at radius 2 is 1.60 bits per heavy atom. The summed E-state index contributed by atoms with van der Waals surface area (Å²) in [5.74, 6) is -0.408. The zero-order chi connectivity index (χ0) is 33.4. The highest BCUT2D eigenvalue weighted by Gasteiger charge is 2.35. The van der Waals surface area contributed by atoms with Crippen molar-refractivity contribution in [2.45, 2.75) is 30.8 Å². The molecule has 246 valence electrons. The number of anilines is 1. The summed E-state index contributed by atoms with van der Waals surface area (Å²) in [5.41, 5.74) is 1.54. The molecule has 5 rings (SSSR count). The van der Waals surface area contributed by atoms with E-state index in [0.29, 0.717) is 30.2 Å². The number of hydrogen-bond donors (Lipinski definition) is 1. The van der Waals surface area contributed by atoms with E-state index < -0.39 is 40.2 Å². The van der Waals surface area contributed by atoms with Gasteiger partial charge in [-0.15, -0.1) is 0 Å². The highest BCUT2D eigenvalue weighted by Crippen LogP contribution is 2.34. The molecule has 47 heavy (non-hydrogen) atoms. The maximum Gasteiger partial charge on any atom is 0.264 e. The van der Waals surface area contributed by atoms with Gasteiger partial charge in [0.15, 0.2) is 11.5 Å². The molecule has 1 N–H and O–H groups in total. The van der Waals surface area contributed by atoms with Crippen LogP contribution >= 0.6 is 0 Å². The summed E-state index contributed by atoms with van der Waals surface area (Å²) in [7, 11) is -2.89. The largest absolute Gasteiger partial charge is 0.497 e. The number of likely N-dealkylation sites (N-methyl/N-ethyl adjacent to an activating group) is 1. The minimum atomic E-state index is -4.42. The predicted molar refractivity (Wildman–Crippen MR) is 175 cm³/mol. The fraction of sp³-hybridized carbons (Fsp3) is 0.257. The highest BCUT2D eigenvalue weighted by atomic mass is 32.2. The Bertz CT molecular complexity index is 1800. The number of fused-ring (bicyclic) bond motifs is 1. The van der Waals surface area contributed by atoms with Gasteiger partial charge in [-0.1, -0.05) is 42.5 Å². The van der Waals surface area contributed by atoms with Crippen LogP contribution in [0.2, 0.25) is 0 Å². The van der Waals surface area contributed by atoms with Gasteiger partial charge in [0.25, 0.3) is 10.0 Å². The van der Waals surface area contributed by atoms with Crippen LogP contribution in [0.1, 0.15) is 18.1 Å². The maximum atomic E-state index is 14.5. The van der Waals surface area contributed by atoms with Crippen molar-refractivity contribution in [3.05, 3.63) is 114 Å². The Morgan fingerprint density at radius 3 is 2.30 bits per heavy atom. The van der Waals surface area contributed by atoms with Gasteiger partial charge in [-0.25, -0.2) is 12.8 Å². The zero-order valence-electron chi connectivity index (χ0n) is 26.1. The number of sulfonamides is 1. The molecule has 12 heteroatoms. The summed E-state index contributed by atoms with van der Waals surface area (Å²) in [6.45, 7) is 1.98. The maximum absolute atomic E-state index is 14.5. The van der Waals surface area contributed by atoms with E-state index in [2.05, 4.69) is 5.32 Å². The van der Waals surface area contributed by atoms with Gasteiger partial charge in [0, 0.05) is 25.6 Å². The molecular weight excluding hydrogens is 625 g/mol. The first-order chi connectivity index (χ1) is 22.7. The van der Waals surface area contributed by atoms with Gasteiger partial charge < -0.3 is 24.4 Å². The van der Waals surface area contributed by atoms with Crippen LogP contribution in [0, 0.1) is 5.82 Å². The summed E-state index contributed by atoms with van der Waals surface area (Å²) in [4.78, 5) is 29.3. The first-order valence-electron chi connectivity index (χ1n) is 15.1. The van der Waals surface area contributed by atoms with Crippen LogP contribution in [-0.2, 0) is 32.6 Å². The Kier molecular flexibility index (Phi) is 10.6. The van der Waals surface area contributed by atoms with Crippen molar-refractivity contribution in [1.29, 1.82) is 0 Å². The van der Waals surface area contributed by atoms with Crippen LogP contribution in [-0.4, -0.2) is 64.6 Å². The third-order valence-corrected chi connectivity index (χ3v) is 9.37. The molecule has 0 saturated carbocycles. The van der Waals surface area contributed by atoms with E-state index in [-0.39, 0.29) is 35.9 Å². The molecule has 4 aromatic rings. The number of nitrogens with one attached hydrogen (secondary N) is 1. The predicted octanol–water partition coefficient (Wildman–Crippen LogP) is 4.58. The normalized spacial score (nSPS) is 12.9. The first-order valence-corrected chi connectivity index (χ1v) is 16.6. The van der Waals surface area contributed by atoms with Crippen molar-refractivity contribution in [1.82, 2.24) is 10.2 Å². The number of nitrogens with zero attached hydrogens (tertiary/aromatic N) is 2. The SMILES string of the molecule is CCNC(=O)[C@H](Cc1ccccc1)N(Cc1cccc(OC)c1)C(=O)CN(c1ccc(F)cc1)S(=O)(=O)c1ccc2c(c1)OCCO2. The third-order valence-electron chi connectivity index (χ3n) is 7.60. The summed E-state index contributed by atoms with van der Waals surface area (Å²) in [6, 6.07) is 24.3. The molecule has 4 aromatic carbocycles. The van der Waals surface area contributed by atoms with Gasteiger partial charge in [0.2, 0.25) is 11.8 Å². The number of carbonyl (C=O) groups is 2. The molecule has 0 spiro atoms. The molecule has 0 unspecified atom stereocenters. The lowest BCUT2D eigenvalue weighted by atomic mass is 10.0. The minimum absolute atomic E-state index is 0.0218. The molecule has 0 aliphatic carbocycles. The van der Waals surface area contributed by atoms with Crippen molar-refractivity contribution in [3.63, 3.8) is 0 Å². The molecule has 0 saturated heterocycles.